The summed E-state index contributed by atoms with van der Waals surface area (Å²) in [6.45, 7) is 0.629. The summed E-state index contributed by atoms with van der Waals surface area (Å²) in [4.78, 5) is 2.67. The summed E-state index contributed by atoms with van der Waals surface area (Å²) >= 11 is 0. The molecule has 2 N–H and O–H groups in total. The number of hydrogen-bond acceptors (Lipinski definition) is 2. The molecule has 4 heteroatoms. The second-order valence-electron chi connectivity index (χ2n) is 2.51. The minimum atomic E-state index is 0.365. The van der Waals surface area contributed by atoms with Crippen molar-refractivity contribution in [1.29, 1.82) is 0 Å². The standard InChI is InChI=1S/C5H10N4/c6-5-1-4(2-5)3-8-9-7/h4-5H,1-3,6H2. The van der Waals surface area contributed by atoms with Crippen LogP contribution in [0, 0.1) is 5.92 Å². The summed E-state index contributed by atoms with van der Waals surface area (Å²) in [5, 5.41) is 3.45. The van der Waals surface area contributed by atoms with Gasteiger partial charge in [-0.3, -0.25) is 0 Å². The molecular formula is C5H10N4. The maximum absolute atomic E-state index is 7.93. The molecule has 0 heterocycles. The van der Waals surface area contributed by atoms with E-state index in [-0.39, 0.29) is 0 Å². The number of nitrogens with two attached hydrogens (primary N) is 1. The molecule has 0 aromatic rings. The molecule has 0 aromatic heterocycles. The topological polar surface area (TPSA) is 74.8 Å². The molecule has 0 atom stereocenters. The SMILES string of the molecule is [N-]=[N+]=NCC1CC(N)C1. The largest absolute Gasteiger partial charge is 0.328 e. The fraction of sp³-hybridized carbons (Fsp3) is 1.00. The summed E-state index contributed by atoms with van der Waals surface area (Å²) in [5.41, 5.74) is 13.4. The van der Waals surface area contributed by atoms with Crippen molar-refractivity contribution in [3.8, 4) is 0 Å². The van der Waals surface area contributed by atoms with Gasteiger partial charge in [0.25, 0.3) is 0 Å². The van der Waals surface area contributed by atoms with Crippen molar-refractivity contribution in [2.45, 2.75) is 18.9 Å². The Morgan fingerprint density at radius 2 is 2.33 bits per heavy atom. The van der Waals surface area contributed by atoms with Gasteiger partial charge in [0.1, 0.15) is 0 Å². The van der Waals surface area contributed by atoms with Crippen LogP contribution in [0.5, 0.6) is 0 Å². The van der Waals surface area contributed by atoms with E-state index in [1.807, 2.05) is 0 Å². The quantitative estimate of drug-likeness (QED) is 0.335. The minimum absolute atomic E-state index is 0.365. The zero-order chi connectivity index (χ0) is 6.69. The van der Waals surface area contributed by atoms with Gasteiger partial charge in [-0.15, -0.1) is 0 Å². The van der Waals surface area contributed by atoms with Gasteiger partial charge in [-0.25, -0.2) is 0 Å². The summed E-state index contributed by atoms with van der Waals surface area (Å²) in [6, 6.07) is 0.365. The van der Waals surface area contributed by atoms with E-state index in [0.29, 0.717) is 18.5 Å². The van der Waals surface area contributed by atoms with E-state index >= 15 is 0 Å². The van der Waals surface area contributed by atoms with E-state index in [1.165, 1.54) is 0 Å². The Labute approximate surface area is 53.7 Å². The zero-order valence-corrected chi connectivity index (χ0v) is 5.20. The van der Waals surface area contributed by atoms with Gasteiger partial charge in [-0.2, -0.15) is 0 Å². The van der Waals surface area contributed by atoms with E-state index in [0.717, 1.165) is 12.8 Å². The molecule has 9 heavy (non-hydrogen) atoms. The first-order valence-corrected chi connectivity index (χ1v) is 3.09. The molecule has 0 amide bonds. The molecule has 50 valence electrons. The van der Waals surface area contributed by atoms with Crippen LogP contribution < -0.4 is 5.73 Å². The maximum Gasteiger partial charge on any atom is 0.0287 e. The average Bonchev–Trinajstić information content (AvgIpc) is 1.78. The Bertz CT molecular complexity index is 132. The van der Waals surface area contributed by atoms with Crippen molar-refractivity contribution in [2.75, 3.05) is 6.54 Å². The van der Waals surface area contributed by atoms with Gasteiger partial charge in [0.05, 0.1) is 0 Å². The summed E-state index contributed by atoms with van der Waals surface area (Å²) in [6.07, 6.45) is 2.05. The number of azide groups is 1. The lowest BCUT2D eigenvalue weighted by Gasteiger charge is -2.30. The second-order valence-corrected chi connectivity index (χ2v) is 2.51. The zero-order valence-electron chi connectivity index (χ0n) is 5.20. The first-order chi connectivity index (χ1) is 4.33. The van der Waals surface area contributed by atoms with Crippen LogP contribution in [0.15, 0.2) is 5.11 Å². The molecule has 1 aliphatic rings. The summed E-state index contributed by atoms with van der Waals surface area (Å²) in [5.74, 6) is 0.566. The van der Waals surface area contributed by atoms with Crippen LogP contribution in [0.2, 0.25) is 0 Å². The molecule has 4 nitrogen and oxygen atoms in total. The Hall–Kier alpha value is -0.730. The minimum Gasteiger partial charge on any atom is -0.328 e. The molecule has 0 aromatic carbocycles. The third kappa shape index (κ3) is 1.59. The first kappa shape index (κ1) is 6.39. The first-order valence-electron chi connectivity index (χ1n) is 3.09. The normalized spacial score (nSPS) is 32.6. The smallest absolute Gasteiger partial charge is 0.0287 e. The van der Waals surface area contributed by atoms with E-state index in [4.69, 9.17) is 11.3 Å². The Morgan fingerprint density at radius 1 is 1.67 bits per heavy atom. The van der Waals surface area contributed by atoms with Crippen molar-refractivity contribution in [3.05, 3.63) is 10.4 Å². The second kappa shape index (κ2) is 2.71. The lowest BCUT2D eigenvalue weighted by Crippen LogP contribution is -2.37. The molecule has 0 radical (unpaired) electrons. The van der Waals surface area contributed by atoms with Crippen LogP contribution >= 0.6 is 0 Å². The van der Waals surface area contributed by atoms with E-state index in [9.17, 15) is 0 Å². The maximum atomic E-state index is 7.93. The molecule has 0 saturated heterocycles. The lowest BCUT2D eigenvalue weighted by molar-refractivity contribution is 0.274. The highest BCUT2D eigenvalue weighted by Gasteiger charge is 2.24. The monoisotopic (exact) mass is 126 g/mol. The number of rotatable bonds is 2. The van der Waals surface area contributed by atoms with Gasteiger partial charge in [-0.05, 0) is 24.3 Å². The molecule has 0 unspecified atom stereocenters. The molecule has 0 spiro atoms. The van der Waals surface area contributed by atoms with Crippen LogP contribution in [0.1, 0.15) is 12.8 Å². The van der Waals surface area contributed by atoms with Gasteiger partial charge < -0.3 is 5.73 Å². The van der Waals surface area contributed by atoms with Gasteiger partial charge >= 0.3 is 0 Å². The van der Waals surface area contributed by atoms with Gasteiger partial charge in [0.2, 0.25) is 0 Å². The van der Waals surface area contributed by atoms with Crippen molar-refractivity contribution in [2.24, 2.45) is 16.8 Å². The highest BCUT2D eigenvalue weighted by atomic mass is 15.1. The van der Waals surface area contributed by atoms with Gasteiger partial charge in [0.15, 0.2) is 0 Å². The number of hydrogen-bond donors (Lipinski definition) is 1. The third-order valence-corrected chi connectivity index (χ3v) is 1.68. The third-order valence-electron chi connectivity index (χ3n) is 1.68. The Balaban J connectivity index is 2.10. The average molecular weight is 126 g/mol. The van der Waals surface area contributed by atoms with Gasteiger partial charge in [0, 0.05) is 17.5 Å². The van der Waals surface area contributed by atoms with Crippen molar-refractivity contribution >= 4 is 0 Å². The Morgan fingerprint density at radius 3 is 2.78 bits per heavy atom. The molecule has 1 rings (SSSR count). The molecule has 1 saturated carbocycles. The predicted octanol–water partition coefficient (Wildman–Crippen LogP) is 1.03. The van der Waals surface area contributed by atoms with Crippen molar-refractivity contribution in [1.82, 2.24) is 0 Å². The fourth-order valence-electron chi connectivity index (χ4n) is 1.09. The predicted molar refractivity (Wildman–Crippen MR) is 34.7 cm³/mol. The van der Waals surface area contributed by atoms with Crippen LogP contribution in [0.4, 0.5) is 0 Å². The highest BCUT2D eigenvalue weighted by molar-refractivity contribution is 4.83. The number of nitrogens with zero attached hydrogens (tertiary/aromatic N) is 3. The van der Waals surface area contributed by atoms with Crippen molar-refractivity contribution < 1.29 is 0 Å². The lowest BCUT2D eigenvalue weighted by atomic mass is 9.81. The highest BCUT2D eigenvalue weighted by Crippen LogP contribution is 2.25. The fourth-order valence-corrected chi connectivity index (χ4v) is 1.09. The Kier molecular flexibility index (Phi) is 1.92. The van der Waals surface area contributed by atoms with Crippen LogP contribution in [-0.2, 0) is 0 Å². The molecular weight excluding hydrogens is 116 g/mol. The van der Waals surface area contributed by atoms with E-state index in [2.05, 4.69) is 10.0 Å². The summed E-state index contributed by atoms with van der Waals surface area (Å²) in [7, 11) is 0. The van der Waals surface area contributed by atoms with Crippen LogP contribution in [-0.4, -0.2) is 12.6 Å². The van der Waals surface area contributed by atoms with Crippen molar-refractivity contribution in [3.63, 3.8) is 0 Å². The molecule has 1 fully saturated rings. The van der Waals surface area contributed by atoms with E-state index < -0.39 is 0 Å². The summed E-state index contributed by atoms with van der Waals surface area (Å²) < 4.78 is 0. The van der Waals surface area contributed by atoms with Crippen LogP contribution in [0.25, 0.3) is 10.4 Å². The van der Waals surface area contributed by atoms with Gasteiger partial charge in [-0.1, -0.05) is 5.11 Å². The molecule has 0 bridgehead atoms. The van der Waals surface area contributed by atoms with E-state index in [1.54, 1.807) is 0 Å². The molecule has 0 aliphatic heterocycles. The van der Waals surface area contributed by atoms with Crippen LogP contribution in [0.3, 0.4) is 0 Å². The molecule has 1 aliphatic carbocycles.